The smallest absolute Gasteiger partial charge is 0.293 e. The Hall–Kier alpha value is -3.59. The zero-order valence-electron chi connectivity index (χ0n) is 18.0. The van der Waals surface area contributed by atoms with Crippen molar-refractivity contribution in [1.82, 2.24) is 10.2 Å². The topological polar surface area (TPSA) is 96.0 Å². The van der Waals surface area contributed by atoms with Gasteiger partial charge in [0.1, 0.15) is 5.75 Å². The summed E-state index contributed by atoms with van der Waals surface area (Å²) in [5.41, 5.74) is 1.54. The van der Waals surface area contributed by atoms with Crippen molar-refractivity contribution in [2.45, 2.75) is 6.42 Å². The highest BCUT2D eigenvalue weighted by molar-refractivity contribution is 8.18. The molecule has 9 heteroatoms. The van der Waals surface area contributed by atoms with Gasteiger partial charge < -0.3 is 15.0 Å². The molecule has 2 aliphatic heterocycles. The molecule has 2 aromatic rings. The van der Waals surface area contributed by atoms with Crippen LogP contribution in [0.2, 0.25) is 0 Å². The first kappa shape index (κ1) is 22.6. The predicted octanol–water partition coefficient (Wildman–Crippen LogP) is 2.90. The second kappa shape index (κ2) is 9.91. The zero-order valence-corrected chi connectivity index (χ0v) is 18.8. The van der Waals surface area contributed by atoms with Crippen molar-refractivity contribution < 1.29 is 23.9 Å². The van der Waals surface area contributed by atoms with Crippen LogP contribution in [0.5, 0.6) is 5.75 Å². The van der Waals surface area contributed by atoms with Crippen molar-refractivity contribution in [2.75, 3.05) is 31.6 Å². The normalized spacial score (nSPS) is 19.5. The van der Waals surface area contributed by atoms with Crippen LogP contribution >= 0.6 is 11.8 Å². The van der Waals surface area contributed by atoms with Crippen LogP contribution in [0.3, 0.4) is 0 Å². The number of anilines is 1. The molecule has 170 valence electrons. The summed E-state index contributed by atoms with van der Waals surface area (Å²) < 4.78 is 5.12. The Bertz CT molecular complexity index is 1100. The molecule has 0 aliphatic carbocycles. The molecule has 2 aromatic carbocycles. The first-order valence-corrected chi connectivity index (χ1v) is 11.3. The number of rotatable bonds is 7. The maximum Gasteiger partial charge on any atom is 0.293 e. The van der Waals surface area contributed by atoms with Crippen molar-refractivity contribution in [3.05, 3.63) is 65.1 Å². The van der Waals surface area contributed by atoms with Gasteiger partial charge in [0, 0.05) is 31.7 Å². The maximum absolute atomic E-state index is 12.6. The number of carbonyl (C=O) groups is 4. The molecule has 4 amide bonds. The fourth-order valence-corrected chi connectivity index (χ4v) is 4.59. The third kappa shape index (κ3) is 5.09. The molecule has 2 fully saturated rings. The molecule has 8 nitrogen and oxygen atoms in total. The summed E-state index contributed by atoms with van der Waals surface area (Å²) in [5.74, 6) is -0.519. The molecule has 0 aromatic heterocycles. The number of para-hydroxylation sites is 1. The van der Waals surface area contributed by atoms with E-state index in [0.29, 0.717) is 17.2 Å². The number of imide groups is 1. The molecular weight excluding hydrogens is 442 g/mol. The van der Waals surface area contributed by atoms with E-state index in [-0.39, 0.29) is 42.5 Å². The van der Waals surface area contributed by atoms with Crippen LogP contribution in [0.25, 0.3) is 6.08 Å². The van der Waals surface area contributed by atoms with Gasteiger partial charge in [0.05, 0.1) is 17.9 Å². The van der Waals surface area contributed by atoms with Crippen LogP contribution in [0, 0.1) is 5.92 Å². The van der Waals surface area contributed by atoms with E-state index < -0.39 is 5.92 Å². The molecule has 1 N–H and O–H groups in total. The molecule has 0 saturated carbocycles. The van der Waals surface area contributed by atoms with Crippen molar-refractivity contribution in [2.24, 2.45) is 5.92 Å². The maximum atomic E-state index is 12.6. The molecule has 0 bridgehead atoms. The van der Waals surface area contributed by atoms with Gasteiger partial charge in [0.2, 0.25) is 11.8 Å². The average Bonchev–Trinajstić information content (AvgIpc) is 3.34. The summed E-state index contributed by atoms with van der Waals surface area (Å²) in [7, 11) is 1.57. The van der Waals surface area contributed by atoms with Crippen molar-refractivity contribution in [1.29, 1.82) is 0 Å². The number of thioether (sulfide) groups is 1. The summed E-state index contributed by atoms with van der Waals surface area (Å²) in [6.07, 6.45) is 1.79. The lowest BCUT2D eigenvalue weighted by molar-refractivity contribution is -0.127. The fourth-order valence-electron chi connectivity index (χ4n) is 3.72. The highest BCUT2D eigenvalue weighted by atomic mass is 32.2. The predicted molar refractivity (Wildman–Crippen MR) is 126 cm³/mol. The highest BCUT2D eigenvalue weighted by Gasteiger charge is 2.36. The van der Waals surface area contributed by atoms with Gasteiger partial charge in [-0.1, -0.05) is 30.3 Å². The number of nitrogens with zero attached hydrogens (tertiary/aromatic N) is 2. The minimum atomic E-state index is -0.470. The number of benzene rings is 2. The van der Waals surface area contributed by atoms with Gasteiger partial charge >= 0.3 is 0 Å². The quantitative estimate of drug-likeness (QED) is 0.632. The van der Waals surface area contributed by atoms with Crippen molar-refractivity contribution >= 4 is 46.5 Å². The van der Waals surface area contributed by atoms with Gasteiger partial charge in [-0.3, -0.25) is 24.1 Å². The molecule has 2 aliphatic rings. The monoisotopic (exact) mass is 465 g/mol. The summed E-state index contributed by atoms with van der Waals surface area (Å²) >= 11 is 0.872. The molecule has 0 spiro atoms. The van der Waals surface area contributed by atoms with Gasteiger partial charge in [-0.2, -0.15) is 0 Å². The molecule has 4 rings (SSSR count). The lowest BCUT2D eigenvalue weighted by Gasteiger charge is -2.17. The minimum absolute atomic E-state index is 0.0689. The Labute approximate surface area is 195 Å². The average molecular weight is 466 g/mol. The zero-order chi connectivity index (χ0) is 23.4. The Kier molecular flexibility index (Phi) is 6.79. The van der Waals surface area contributed by atoms with E-state index in [0.717, 1.165) is 27.9 Å². The van der Waals surface area contributed by atoms with Gasteiger partial charge in [-0.05, 0) is 47.7 Å². The Morgan fingerprint density at radius 2 is 1.85 bits per heavy atom. The van der Waals surface area contributed by atoms with Crippen LogP contribution < -0.4 is 15.0 Å². The summed E-state index contributed by atoms with van der Waals surface area (Å²) in [4.78, 5) is 52.9. The number of carbonyl (C=O) groups excluding carboxylic acids is 4. The number of methoxy groups -OCH3 is 1. The number of hydrogen-bond donors (Lipinski definition) is 1. The van der Waals surface area contributed by atoms with Gasteiger partial charge in [0.15, 0.2) is 0 Å². The first-order chi connectivity index (χ1) is 16.0. The van der Waals surface area contributed by atoms with Crippen LogP contribution in [0.4, 0.5) is 10.5 Å². The lowest BCUT2D eigenvalue weighted by Crippen LogP contribution is -2.40. The van der Waals surface area contributed by atoms with E-state index in [1.165, 1.54) is 0 Å². The SMILES string of the molecule is COc1ccc(C=C2SC(=O)N(CCNC(=O)C3CC(=O)N(c4ccccc4)C3)C2=O)cc1. The highest BCUT2D eigenvalue weighted by Crippen LogP contribution is 2.32. The van der Waals surface area contributed by atoms with E-state index in [2.05, 4.69) is 5.32 Å². The van der Waals surface area contributed by atoms with Gasteiger partial charge in [-0.15, -0.1) is 0 Å². The van der Waals surface area contributed by atoms with Crippen LogP contribution in [-0.4, -0.2) is 54.6 Å². The van der Waals surface area contributed by atoms with Crippen molar-refractivity contribution in [3.63, 3.8) is 0 Å². The molecule has 0 radical (unpaired) electrons. The van der Waals surface area contributed by atoms with Gasteiger partial charge in [0.25, 0.3) is 11.1 Å². The number of hydrogen-bond acceptors (Lipinski definition) is 6. The van der Waals surface area contributed by atoms with E-state index in [1.54, 1.807) is 42.4 Å². The van der Waals surface area contributed by atoms with Crippen LogP contribution in [0.1, 0.15) is 12.0 Å². The van der Waals surface area contributed by atoms with E-state index >= 15 is 0 Å². The Morgan fingerprint density at radius 3 is 2.55 bits per heavy atom. The second-order valence-electron chi connectivity index (χ2n) is 7.64. The second-order valence-corrected chi connectivity index (χ2v) is 8.63. The largest absolute Gasteiger partial charge is 0.497 e. The molecule has 1 unspecified atom stereocenters. The molecule has 2 heterocycles. The third-order valence-corrected chi connectivity index (χ3v) is 6.39. The Balaban J connectivity index is 1.30. The fraction of sp³-hybridized carbons (Fsp3) is 0.250. The third-order valence-electron chi connectivity index (χ3n) is 5.49. The number of amides is 4. The van der Waals surface area contributed by atoms with Crippen LogP contribution in [0.15, 0.2) is 59.5 Å². The number of ether oxygens (including phenoxy) is 1. The van der Waals surface area contributed by atoms with Crippen molar-refractivity contribution in [3.8, 4) is 5.75 Å². The summed E-state index contributed by atoms with van der Waals surface area (Å²) in [6, 6.07) is 16.4. The minimum Gasteiger partial charge on any atom is -0.497 e. The molecular formula is C24H23N3O5S. The van der Waals surface area contributed by atoms with E-state index in [4.69, 9.17) is 4.74 Å². The lowest BCUT2D eigenvalue weighted by atomic mass is 10.1. The van der Waals surface area contributed by atoms with E-state index in [1.807, 2.05) is 30.3 Å². The Morgan fingerprint density at radius 1 is 1.12 bits per heavy atom. The summed E-state index contributed by atoms with van der Waals surface area (Å²) in [6.45, 7) is 0.503. The molecule has 33 heavy (non-hydrogen) atoms. The van der Waals surface area contributed by atoms with Crippen LogP contribution in [-0.2, 0) is 14.4 Å². The summed E-state index contributed by atoms with van der Waals surface area (Å²) in [5, 5.41) is 2.38. The number of nitrogens with one attached hydrogen (secondary N) is 1. The standard InChI is InChI=1S/C24H23N3O5S/c1-32-19-9-7-16(8-10-19)13-20-23(30)26(24(31)33-20)12-11-25-22(29)17-14-21(28)27(15-17)18-5-3-2-4-6-18/h2-10,13,17H,11-12,14-15H2,1H3,(H,25,29). The van der Waals surface area contributed by atoms with E-state index in [9.17, 15) is 19.2 Å². The molecule has 1 atom stereocenters. The molecule has 2 saturated heterocycles. The van der Waals surface area contributed by atoms with Gasteiger partial charge in [-0.25, -0.2) is 0 Å². The first-order valence-electron chi connectivity index (χ1n) is 10.5.